The van der Waals surface area contributed by atoms with Crippen molar-refractivity contribution in [1.82, 2.24) is 0 Å². The van der Waals surface area contributed by atoms with Crippen LogP contribution in [0.4, 0.5) is 0 Å². The molecule has 2 rings (SSSR count). The fourth-order valence-electron chi connectivity index (χ4n) is 3.86. The van der Waals surface area contributed by atoms with Crippen LogP contribution in [0.25, 0.3) is 11.6 Å². The third kappa shape index (κ3) is 7.51. The summed E-state index contributed by atoms with van der Waals surface area (Å²) in [4.78, 5) is 4.88. The summed E-state index contributed by atoms with van der Waals surface area (Å²) >= 11 is 0. The van der Waals surface area contributed by atoms with Gasteiger partial charge in [-0.2, -0.15) is 0 Å². The van der Waals surface area contributed by atoms with Crippen LogP contribution in [0.1, 0.15) is 73.1 Å². The number of hydrogen-bond donors (Lipinski definition) is 0. The van der Waals surface area contributed by atoms with Gasteiger partial charge in [0.1, 0.15) is 0 Å². The van der Waals surface area contributed by atoms with Crippen molar-refractivity contribution in [2.75, 3.05) is 0 Å². The molecule has 0 radical (unpaired) electrons. The van der Waals surface area contributed by atoms with Crippen molar-refractivity contribution in [2.24, 2.45) is 4.99 Å². The lowest BCUT2D eigenvalue weighted by molar-refractivity contribution is 0.800. The lowest BCUT2D eigenvalue weighted by atomic mass is 9.95. The molecular weight excluding hydrogens is 374 g/mol. The Kier molecular flexibility index (Phi) is 10.8. The Balaban J connectivity index is 2.49. The molecule has 0 saturated heterocycles. The summed E-state index contributed by atoms with van der Waals surface area (Å²) in [7, 11) is 0. The van der Waals surface area contributed by atoms with E-state index < -0.39 is 0 Å². The number of hydrogen-bond acceptors (Lipinski definition) is 1. The van der Waals surface area contributed by atoms with Crippen molar-refractivity contribution in [3.05, 3.63) is 93.6 Å². The highest BCUT2D eigenvalue weighted by molar-refractivity contribution is 5.83. The van der Waals surface area contributed by atoms with Crippen LogP contribution in [0.2, 0.25) is 0 Å². The van der Waals surface area contributed by atoms with Crippen molar-refractivity contribution < 1.29 is 0 Å². The first-order valence-electron chi connectivity index (χ1n) is 11.8. The van der Waals surface area contributed by atoms with E-state index in [2.05, 4.69) is 101 Å². The number of aliphatic imine (C=N–C) groups is 1. The minimum absolute atomic E-state index is 1.03. The van der Waals surface area contributed by atoms with E-state index >= 15 is 0 Å². The molecule has 0 heterocycles. The van der Waals surface area contributed by atoms with Crippen LogP contribution in [-0.2, 0) is 0 Å². The average molecular weight is 414 g/mol. The van der Waals surface area contributed by atoms with E-state index in [0.29, 0.717) is 0 Å². The van der Waals surface area contributed by atoms with Gasteiger partial charge in [0.15, 0.2) is 0 Å². The van der Waals surface area contributed by atoms with Crippen LogP contribution in [0.15, 0.2) is 88.1 Å². The summed E-state index contributed by atoms with van der Waals surface area (Å²) in [6, 6.07) is 8.66. The highest BCUT2D eigenvalue weighted by Gasteiger charge is 2.09. The van der Waals surface area contributed by atoms with Gasteiger partial charge in [0.2, 0.25) is 0 Å². The number of benzene rings is 1. The Morgan fingerprint density at radius 1 is 1.06 bits per heavy atom. The molecule has 0 spiro atoms. The van der Waals surface area contributed by atoms with Crippen molar-refractivity contribution in [3.8, 4) is 0 Å². The van der Waals surface area contributed by atoms with Gasteiger partial charge in [-0.3, -0.25) is 4.99 Å². The quantitative estimate of drug-likeness (QED) is 0.296. The van der Waals surface area contributed by atoms with E-state index in [-0.39, 0.29) is 0 Å². The largest absolute Gasteiger partial charge is 0.257 e. The predicted octanol–water partition coefficient (Wildman–Crippen LogP) is 7.36. The molecule has 1 aliphatic carbocycles. The average Bonchev–Trinajstić information content (AvgIpc) is 2.80. The summed E-state index contributed by atoms with van der Waals surface area (Å²) in [5.41, 5.74) is 6.64. The number of rotatable bonds is 9. The molecule has 0 bridgehead atoms. The van der Waals surface area contributed by atoms with Crippen LogP contribution in [0, 0.1) is 0 Å². The second-order valence-electron chi connectivity index (χ2n) is 8.10. The zero-order valence-corrected chi connectivity index (χ0v) is 20.1. The summed E-state index contributed by atoms with van der Waals surface area (Å²) in [5, 5.41) is 2.57. The molecule has 0 saturated carbocycles. The predicted molar refractivity (Wildman–Crippen MR) is 140 cm³/mol. The van der Waals surface area contributed by atoms with Crippen LogP contribution in [0.3, 0.4) is 0 Å². The molecule has 0 fully saturated rings. The lowest BCUT2D eigenvalue weighted by Crippen LogP contribution is -2.26. The summed E-state index contributed by atoms with van der Waals surface area (Å²) in [6.07, 6.45) is 24.2. The van der Waals surface area contributed by atoms with E-state index in [9.17, 15) is 0 Å². The summed E-state index contributed by atoms with van der Waals surface area (Å²) in [6.45, 7) is 10.7. The molecule has 0 aliphatic heterocycles. The Bertz CT molecular complexity index is 1020. The molecule has 0 amide bonds. The molecule has 164 valence electrons. The first-order valence-corrected chi connectivity index (χ1v) is 11.8. The molecule has 31 heavy (non-hydrogen) atoms. The first kappa shape index (κ1) is 24.6. The van der Waals surface area contributed by atoms with Gasteiger partial charge >= 0.3 is 0 Å². The van der Waals surface area contributed by atoms with Crippen LogP contribution < -0.4 is 10.4 Å². The SMILES string of the molecule is CC=CC(/C(=C/C=NC1=C(C)CCC(C/C=C\C)=C1)CCCC)=c1/cccc/c1=C/C. The number of unbranched alkanes of at least 4 members (excludes halogenated alkanes) is 1. The monoisotopic (exact) mass is 413 g/mol. The molecular formula is C30H39N. The topological polar surface area (TPSA) is 12.4 Å². The molecule has 0 aromatic heterocycles. The lowest BCUT2D eigenvalue weighted by Gasteiger charge is -2.14. The third-order valence-electron chi connectivity index (χ3n) is 5.75. The minimum Gasteiger partial charge on any atom is -0.257 e. The van der Waals surface area contributed by atoms with Crippen molar-refractivity contribution in [3.63, 3.8) is 0 Å². The van der Waals surface area contributed by atoms with Crippen LogP contribution in [-0.4, -0.2) is 6.21 Å². The number of nitrogens with zero attached hydrogens (tertiary/aromatic N) is 1. The zero-order chi connectivity index (χ0) is 22.5. The normalized spacial score (nSPS) is 17.4. The van der Waals surface area contributed by atoms with Crippen LogP contribution in [0.5, 0.6) is 0 Å². The molecule has 1 aromatic carbocycles. The molecule has 1 aliphatic rings. The fraction of sp³-hybridized carbons (Fsp3) is 0.367. The maximum atomic E-state index is 4.88. The summed E-state index contributed by atoms with van der Waals surface area (Å²) < 4.78 is 0. The number of allylic oxidation sites excluding steroid dienone is 9. The van der Waals surface area contributed by atoms with Crippen molar-refractivity contribution >= 4 is 17.9 Å². The molecule has 0 atom stereocenters. The Hall–Kier alpha value is -2.67. The van der Waals surface area contributed by atoms with E-state index in [4.69, 9.17) is 4.99 Å². The Labute approximate surface area is 189 Å². The van der Waals surface area contributed by atoms with E-state index in [1.165, 1.54) is 45.6 Å². The third-order valence-corrected chi connectivity index (χ3v) is 5.75. The van der Waals surface area contributed by atoms with Gasteiger partial charge in [-0.05, 0) is 99.1 Å². The Morgan fingerprint density at radius 3 is 2.58 bits per heavy atom. The Morgan fingerprint density at radius 2 is 1.87 bits per heavy atom. The highest BCUT2D eigenvalue weighted by Crippen LogP contribution is 2.26. The van der Waals surface area contributed by atoms with Gasteiger partial charge in [0.05, 0.1) is 5.70 Å². The standard InChI is InChI=1S/C30H39N/c1-6-10-15-25-20-19-24(5)30(23-25)31-22-21-27(16-11-7-2)28(14-8-3)29-18-13-12-17-26(29)9-4/h6,8-10,12-14,17-18,21-23H,7,11,15-16,19-20H2,1-5H3/b10-6-,14-8?,26-9-,27-21+,29-28+,31-22?. The molecule has 1 nitrogen and oxygen atoms in total. The molecule has 1 aromatic rings. The van der Waals surface area contributed by atoms with Gasteiger partial charge in [-0.15, -0.1) is 0 Å². The second kappa shape index (κ2) is 13.6. The summed E-state index contributed by atoms with van der Waals surface area (Å²) in [5.74, 6) is 0. The van der Waals surface area contributed by atoms with Crippen molar-refractivity contribution in [2.45, 2.75) is 73.1 Å². The smallest absolute Gasteiger partial charge is 0.0618 e. The first-order chi connectivity index (χ1) is 15.1. The second-order valence-corrected chi connectivity index (χ2v) is 8.10. The van der Waals surface area contributed by atoms with E-state index in [1.54, 1.807) is 0 Å². The fourth-order valence-corrected chi connectivity index (χ4v) is 3.86. The minimum atomic E-state index is 1.03. The van der Waals surface area contributed by atoms with E-state index in [0.717, 1.165) is 31.4 Å². The molecule has 1 heteroatoms. The van der Waals surface area contributed by atoms with Gasteiger partial charge in [0, 0.05) is 6.21 Å². The maximum Gasteiger partial charge on any atom is 0.0618 e. The van der Waals surface area contributed by atoms with Gasteiger partial charge < -0.3 is 0 Å². The van der Waals surface area contributed by atoms with Gasteiger partial charge in [-0.1, -0.05) is 73.6 Å². The zero-order valence-electron chi connectivity index (χ0n) is 20.1. The highest BCUT2D eigenvalue weighted by atomic mass is 14.7. The van der Waals surface area contributed by atoms with E-state index in [1.807, 2.05) is 6.21 Å². The van der Waals surface area contributed by atoms with Gasteiger partial charge in [-0.25, -0.2) is 0 Å². The van der Waals surface area contributed by atoms with Gasteiger partial charge in [0.25, 0.3) is 0 Å². The maximum absolute atomic E-state index is 4.88. The van der Waals surface area contributed by atoms with Crippen LogP contribution >= 0.6 is 0 Å². The van der Waals surface area contributed by atoms with Crippen molar-refractivity contribution in [1.29, 1.82) is 0 Å². The molecule has 0 N–H and O–H groups in total. The molecule has 0 unspecified atom stereocenters.